The molecule has 9 nitrogen and oxygen atoms in total. The van der Waals surface area contributed by atoms with Crippen LogP contribution in [0.3, 0.4) is 0 Å². The summed E-state index contributed by atoms with van der Waals surface area (Å²) < 4.78 is 17.9. The summed E-state index contributed by atoms with van der Waals surface area (Å²) in [6.45, 7) is 1.70. The zero-order chi connectivity index (χ0) is 22.1. The number of amides is 1. The van der Waals surface area contributed by atoms with E-state index in [9.17, 15) is 9.59 Å². The predicted octanol–water partition coefficient (Wildman–Crippen LogP) is 3.78. The monoisotopic (exact) mass is 430 g/mol. The van der Waals surface area contributed by atoms with Gasteiger partial charge >= 0.3 is 0 Å². The van der Waals surface area contributed by atoms with E-state index in [1.165, 1.54) is 6.92 Å². The Kier molecular flexibility index (Phi) is 4.91. The summed E-state index contributed by atoms with van der Waals surface area (Å²) in [5.74, 6) is 1.67. The molecule has 0 radical (unpaired) electrons. The average Bonchev–Trinajstić information content (AvgIpc) is 3.53. The van der Waals surface area contributed by atoms with Gasteiger partial charge < -0.3 is 23.9 Å². The SMILES string of the molecule is CC(=O)c1cccc(NC(=O)Cn2cccc2-c2nc(-c3ccc4c(c3)OCO4)no2)c1. The molecule has 32 heavy (non-hydrogen) atoms. The quantitative estimate of drug-likeness (QED) is 0.464. The fraction of sp³-hybridized carbons (Fsp3) is 0.130. The number of ketones is 1. The van der Waals surface area contributed by atoms with E-state index in [0.29, 0.717) is 34.3 Å². The topological polar surface area (TPSA) is 108 Å². The third-order valence-electron chi connectivity index (χ3n) is 4.97. The molecule has 0 bridgehead atoms. The highest BCUT2D eigenvalue weighted by atomic mass is 16.7. The summed E-state index contributed by atoms with van der Waals surface area (Å²) in [5, 5.41) is 6.86. The number of nitrogens with one attached hydrogen (secondary N) is 1. The second kappa shape index (κ2) is 8.03. The van der Waals surface area contributed by atoms with E-state index < -0.39 is 0 Å². The van der Waals surface area contributed by atoms with Gasteiger partial charge in [-0.2, -0.15) is 4.98 Å². The van der Waals surface area contributed by atoms with Crippen molar-refractivity contribution < 1.29 is 23.6 Å². The molecule has 0 saturated heterocycles. The first kappa shape index (κ1) is 19.6. The summed E-state index contributed by atoms with van der Waals surface area (Å²) in [5.41, 5.74) is 2.42. The molecule has 1 aliphatic heterocycles. The Bertz CT molecular complexity index is 1320. The molecular formula is C23H18N4O5. The van der Waals surface area contributed by atoms with E-state index >= 15 is 0 Å². The van der Waals surface area contributed by atoms with E-state index in [4.69, 9.17) is 14.0 Å². The first-order valence-electron chi connectivity index (χ1n) is 9.87. The number of fused-ring (bicyclic) bond motifs is 1. The van der Waals surface area contributed by atoms with E-state index in [-0.39, 0.29) is 30.9 Å². The largest absolute Gasteiger partial charge is 0.454 e. The first-order valence-corrected chi connectivity index (χ1v) is 9.87. The predicted molar refractivity (Wildman–Crippen MR) is 114 cm³/mol. The molecule has 0 unspecified atom stereocenters. The molecule has 5 rings (SSSR count). The van der Waals surface area contributed by atoms with E-state index in [1.807, 2.05) is 6.07 Å². The van der Waals surface area contributed by atoms with Crippen LogP contribution in [0.25, 0.3) is 23.0 Å². The number of carbonyl (C=O) groups is 2. The van der Waals surface area contributed by atoms with Gasteiger partial charge in [0.15, 0.2) is 17.3 Å². The van der Waals surface area contributed by atoms with Crippen LogP contribution in [0.5, 0.6) is 11.5 Å². The Morgan fingerprint density at radius 1 is 1.06 bits per heavy atom. The number of Topliss-reactive ketones (excluding diaryl/α,β-unsaturated/α-hetero) is 1. The van der Waals surface area contributed by atoms with Gasteiger partial charge in [-0.25, -0.2) is 0 Å². The van der Waals surface area contributed by atoms with Crippen LogP contribution in [-0.2, 0) is 11.3 Å². The first-order chi connectivity index (χ1) is 15.6. The highest BCUT2D eigenvalue weighted by Gasteiger charge is 2.19. The molecule has 0 atom stereocenters. The molecule has 1 amide bonds. The van der Waals surface area contributed by atoms with E-state index in [0.717, 1.165) is 5.56 Å². The second-order valence-electron chi connectivity index (χ2n) is 7.20. The normalized spacial score (nSPS) is 12.0. The van der Waals surface area contributed by atoms with Crippen LogP contribution >= 0.6 is 0 Å². The van der Waals surface area contributed by atoms with E-state index in [1.54, 1.807) is 59.3 Å². The summed E-state index contributed by atoms with van der Waals surface area (Å²) in [4.78, 5) is 28.6. The number of ether oxygens (including phenoxy) is 2. The summed E-state index contributed by atoms with van der Waals surface area (Å²) in [6.07, 6.45) is 1.76. The lowest BCUT2D eigenvalue weighted by atomic mass is 10.1. The van der Waals surface area contributed by atoms with Crippen LogP contribution < -0.4 is 14.8 Å². The third kappa shape index (κ3) is 3.83. The Balaban J connectivity index is 1.32. The fourth-order valence-electron chi connectivity index (χ4n) is 3.40. The zero-order valence-corrected chi connectivity index (χ0v) is 17.1. The van der Waals surface area contributed by atoms with Crippen molar-refractivity contribution >= 4 is 17.4 Å². The van der Waals surface area contributed by atoms with Gasteiger partial charge in [0, 0.05) is 23.0 Å². The maximum atomic E-state index is 12.6. The maximum absolute atomic E-state index is 12.6. The number of carbonyl (C=O) groups excluding carboxylic acids is 2. The minimum atomic E-state index is -0.251. The van der Waals surface area contributed by atoms with Crippen molar-refractivity contribution in [2.45, 2.75) is 13.5 Å². The molecule has 3 heterocycles. The van der Waals surface area contributed by atoms with Gasteiger partial charge in [0.1, 0.15) is 12.2 Å². The van der Waals surface area contributed by atoms with Crippen molar-refractivity contribution in [2.75, 3.05) is 12.1 Å². The van der Waals surface area contributed by atoms with Crippen molar-refractivity contribution in [3.05, 3.63) is 66.4 Å². The van der Waals surface area contributed by atoms with Crippen molar-refractivity contribution in [3.63, 3.8) is 0 Å². The summed E-state index contributed by atoms with van der Waals surface area (Å²) in [6, 6.07) is 15.8. The Morgan fingerprint density at radius 2 is 1.94 bits per heavy atom. The van der Waals surface area contributed by atoms with Crippen molar-refractivity contribution in [1.29, 1.82) is 0 Å². The average molecular weight is 430 g/mol. The zero-order valence-electron chi connectivity index (χ0n) is 17.1. The molecule has 0 aliphatic carbocycles. The Labute approximate surface area is 182 Å². The minimum Gasteiger partial charge on any atom is -0.454 e. The van der Waals surface area contributed by atoms with Crippen LogP contribution in [0, 0.1) is 0 Å². The Morgan fingerprint density at radius 3 is 2.81 bits per heavy atom. The lowest BCUT2D eigenvalue weighted by Crippen LogP contribution is -2.19. The van der Waals surface area contributed by atoms with Gasteiger partial charge in [0.25, 0.3) is 5.89 Å². The number of benzene rings is 2. The van der Waals surface area contributed by atoms with Crippen molar-refractivity contribution in [2.24, 2.45) is 0 Å². The molecule has 0 fully saturated rings. The van der Waals surface area contributed by atoms with E-state index in [2.05, 4.69) is 15.5 Å². The molecule has 2 aromatic heterocycles. The van der Waals surface area contributed by atoms with Gasteiger partial charge in [0.2, 0.25) is 18.5 Å². The van der Waals surface area contributed by atoms with Crippen LogP contribution in [-0.4, -0.2) is 33.2 Å². The lowest BCUT2D eigenvalue weighted by molar-refractivity contribution is -0.116. The molecule has 9 heteroatoms. The molecule has 4 aromatic rings. The molecule has 2 aromatic carbocycles. The van der Waals surface area contributed by atoms with Crippen molar-refractivity contribution in [3.8, 4) is 34.5 Å². The molecule has 1 aliphatic rings. The number of anilines is 1. The second-order valence-corrected chi connectivity index (χ2v) is 7.20. The number of hydrogen-bond acceptors (Lipinski definition) is 7. The molecular weight excluding hydrogens is 412 g/mol. The molecule has 160 valence electrons. The van der Waals surface area contributed by atoms with Gasteiger partial charge in [-0.05, 0) is 49.4 Å². The van der Waals surface area contributed by atoms with Gasteiger partial charge in [-0.3, -0.25) is 9.59 Å². The number of hydrogen-bond donors (Lipinski definition) is 1. The number of nitrogens with zero attached hydrogens (tertiary/aromatic N) is 3. The van der Waals surface area contributed by atoms with Crippen molar-refractivity contribution in [1.82, 2.24) is 14.7 Å². The van der Waals surface area contributed by atoms with Gasteiger partial charge in [-0.1, -0.05) is 17.3 Å². The third-order valence-corrected chi connectivity index (χ3v) is 4.97. The van der Waals surface area contributed by atoms with Crippen LogP contribution in [0.15, 0.2) is 65.3 Å². The standard InChI is InChI=1S/C23H18N4O5/c1-14(28)15-4-2-5-17(10-15)24-21(29)12-27-9-3-6-18(27)23-25-22(26-32-23)16-7-8-19-20(11-16)31-13-30-19/h2-11H,12-13H2,1H3,(H,24,29). The minimum absolute atomic E-state index is 0.0361. The highest BCUT2D eigenvalue weighted by molar-refractivity contribution is 5.97. The molecule has 0 saturated carbocycles. The molecule has 0 spiro atoms. The lowest BCUT2D eigenvalue weighted by Gasteiger charge is -2.09. The Hall–Kier alpha value is -4.40. The van der Waals surface area contributed by atoms with Gasteiger partial charge in [-0.15, -0.1) is 0 Å². The van der Waals surface area contributed by atoms with Crippen LogP contribution in [0.2, 0.25) is 0 Å². The number of aromatic nitrogens is 3. The highest BCUT2D eigenvalue weighted by Crippen LogP contribution is 2.35. The summed E-state index contributed by atoms with van der Waals surface area (Å²) in [7, 11) is 0. The molecule has 1 N–H and O–H groups in total. The fourth-order valence-corrected chi connectivity index (χ4v) is 3.40. The maximum Gasteiger partial charge on any atom is 0.274 e. The number of rotatable bonds is 6. The van der Waals surface area contributed by atoms with Crippen LogP contribution in [0.1, 0.15) is 17.3 Å². The smallest absolute Gasteiger partial charge is 0.274 e. The summed E-state index contributed by atoms with van der Waals surface area (Å²) >= 11 is 0. The van der Waals surface area contributed by atoms with Crippen LogP contribution in [0.4, 0.5) is 5.69 Å². The van der Waals surface area contributed by atoms with Gasteiger partial charge in [0.05, 0.1) is 0 Å².